The molecule has 1 aromatic heterocycles. The lowest BCUT2D eigenvalue weighted by Gasteiger charge is -2.18. The molecule has 0 unspecified atom stereocenters. The number of aromatic nitrogens is 3. The number of carbonyl (C=O) groups excluding carboxylic acids is 1. The van der Waals surface area contributed by atoms with Crippen molar-refractivity contribution in [3.05, 3.63) is 90.3 Å². The van der Waals surface area contributed by atoms with Crippen LogP contribution < -0.4 is 5.32 Å². The number of thioether (sulfide) groups is 1. The van der Waals surface area contributed by atoms with E-state index < -0.39 is 0 Å². The highest BCUT2D eigenvalue weighted by atomic mass is 32.2. The van der Waals surface area contributed by atoms with E-state index in [-0.39, 0.29) is 11.8 Å². The molecule has 6 heteroatoms. The van der Waals surface area contributed by atoms with E-state index in [9.17, 15) is 4.79 Å². The van der Waals surface area contributed by atoms with E-state index in [0.29, 0.717) is 18.8 Å². The predicted molar refractivity (Wildman–Crippen MR) is 118 cm³/mol. The van der Waals surface area contributed by atoms with Crippen LogP contribution in [-0.2, 0) is 11.3 Å². The molecule has 150 valence electrons. The van der Waals surface area contributed by atoms with Crippen LogP contribution in [-0.4, -0.2) is 33.0 Å². The Balaban J connectivity index is 1.54. The van der Waals surface area contributed by atoms with Gasteiger partial charge in [0.2, 0.25) is 5.91 Å². The van der Waals surface area contributed by atoms with Gasteiger partial charge in [-0.2, -0.15) is 0 Å². The Morgan fingerprint density at radius 2 is 1.72 bits per heavy atom. The Hall–Kier alpha value is -2.86. The molecule has 29 heavy (non-hydrogen) atoms. The van der Waals surface area contributed by atoms with Crippen molar-refractivity contribution >= 4 is 17.7 Å². The first kappa shape index (κ1) is 20.9. The summed E-state index contributed by atoms with van der Waals surface area (Å²) in [6.07, 6.45) is 2.64. The van der Waals surface area contributed by atoms with E-state index in [4.69, 9.17) is 0 Å². The Morgan fingerprint density at radius 3 is 2.31 bits per heavy atom. The van der Waals surface area contributed by atoms with Gasteiger partial charge in [-0.15, -0.1) is 16.8 Å². The summed E-state index contributed by atoms with van der Waals surface area (Å²) in [5.74, 6) is 1.39. The van der Waals surface area contributed by atoms with Gasteiger partial charge in [0.05, 0.1) is 5.75 Å². The summed E-state index contributed by atoms with van der Waals surface area (Å²) in [6, 6.07) is 20.9. The normalized spacial score (nSPS) is 10.8. The molecule has 0 fully saturated rings. The van der Waals surface area contributed by atoms with Gasteiger partial charge in [-0.05, 0) is 24.5 Å². The van der Waals surface area contributed by atoms with Crippen LogP contribution in [0.25, 0.3) is 0 Å². The monoisotopic (exact) mass is 406 g/mol. The molecule has 0 saturated heterocycles. The van der Waals surface area contributed by atoms with Crippen molar-refractivity contribution in [3.63, 3.8) is 0 Å². The summed E-state index contributed by atoms with van der Waals surface area (Å²) in [5.41, 5.74) is 2.52. The lowest BCUT2D eigenvalue weighted by atomic mass is 9.88. The number of hydrogen-bond acceptors (Lipinski definition) is 4. The number of carbonyl (C=O) groups is 1. The molecule has 1 amide bonds. The highest BCUT2D eigenvalue weighted by Crippen LogP contribution is 2.27. The molecule has 0 radical (unpaired) electrons. The number of amides is 1. The standard InChI is InChI=1S/C23H26N4OS/c1-3-16-27-18(2)25-26-23(27)29-17-22(28)24-15-14-21(19-10-6-4-7-11-19)20-12-8-5-9-13-20/h3-13,21H,1,14-17H2,2H3,(H,24,28). The van der Waals surface area contributed by atoms with E-state index in [1.54, 1.807) is 6.08 Å². The van der Waals surface area contributed by atoms with Crippen LogP contribution in [0.4, 0.5) is 0 Å². The summed E-state index contributed by atoms with van der Waals surface area (Å²) in [5, 5.41) is 12.0. The minimum absolute atomic E-state index is 0.000629. The molecule has 0 aliphatic carbocycles. The fourth-order valence-electron chi connectivity index (χ4n) is 3.24. The first-order valence-corrected chi connectivity index (χ1v) is 10.7. The number of rotatable bonds is 10. The average molecular weight is 407 g/mol. The average Bonchev–Trinajstić information content (AvgIpc) is 3.11. The van der Waals surface area contributed by atoms with Crippen molar-refractivity contribution in [2.75, 3.05) is 12.3 Å². The van der Waals surface area contributed by atoms with Gasteiger partial charge >= 0.3 is 0 Å². The molecule has 5 nitrogen and oxygen atoms in total. The second-order valence-electron chi connectivity index (χ2n) is 6.73. The maximum absolute atomic E-state index is 12.3. The number of benzene rings is 2. The smallest absolute Gasteiger partial charge is 0.230 e. The highest BCUT2D eigenvalue weighted by Gasteiger charge is 2.15. The molecule has 0 bridgehead atoms. The molecular formula is C23H26N4OS. The number of allylic oxidation sites excluding steroid dienone is 1. The topological polar surface area (TPSA) is 59.8 Å². The highest BCUT2D eigenvalue weighted by molar-refractivity contribution is 7.99. The van der Waals surface area contributed by atoms with Crippen molar-refractivity contribution in [1.29, 1.82) is 0 Å². The maximum Gasteiger partial charge on any atom is 0.230 e. The third-order valence-corrected chi connectivity index (χ3v) is 5.67. The molecule has 0 saturated carbocycles. The molecule has 1 heterocycles. The zero-order chi connectivity index (χ0) is 20.5. The van der Waals surface area contributed by atoms with Gasteiger partial charge in [-0.3, -0.25) is 4.79 Å². The zero-order valence-electron chi connectivity index (χ0n) is 16.6. The summed E-state index contributed by atoms with van der Waals surface area (Å²) >= 11 is 1.40. The number of hydrogen-bond donors (Lipinski definition) is 1. The van der Waals surface area contributed by atoms with Crippen molar-refractivity contribution in [3.8, 4) is 0 Å². The fraction of sp³-hybridized carbons (Fsp3) is 0.261. The quantitative estimate of drug-likeness (QED) is 0.405. The summed E-state index contributed by atoms with van der Waals surface area (Å²) in [6.45, 7) is 6.91. The molecular weight excluding hydrogens is 380 g/mol. The van der Waals surface area contributed by atoms with Crippen molar-refractivity contribution < 1.29 is 4.79 Å². The zero-order valence-corrected chi connectivity index (χ0v) is 17.4. The van der Waals surface area contributed by atoms with Crippen LogP contribution in [0.15, 0.2) is 78.5 Å². The van der Waals surface area contributed by atoms with E-state index in [2.05, 4.69) is 70.6 Å². The Kier molecular flexibility index (Phi) is 7.64. The molecule has 1 N–H and O–H groups in total. The van der Waals surface area contributed by atoms with Gasteiger partial charge in [0.1, 0.15) is 5.82 Å². The van der Waals surface area contributed by atoms with E-state index in [1.165, 1.54) is 22.9 Å². The molecule has 0 spiro atoms. The van der Waals surface area contributed by atoms with Gasteiger partial charge in [0, 0.05) is 19.0 Å². The molecule has 3 aromatic rings. The predicted octanol–water partition coefficient (Wildman–Crippen LogP) is 4.20. The van der Waals surface area contributed by atoms with Gasteiger partial charge in [0.25, 0.3) is 0 Å². The number of aryl methyl sites for hydroxylation is 1. The van der Waals surface area contributed by atoms with E-state index in [0.717, 1.165) is 17.4 Å². The SMILES string of the molecule is C=CCn1c(C)nnc1SCC(=O)NCCC(c1ccccc1)c1ccccc1. The third-order valence-electron chi connectivity index (χ3n) is 4.70. The Labute approximate surface area is 176 Å². The molecule has 0 aliphatic heterocycles. The largest absolute Gasteiger partial charge is 0.355 e. The Morgan fingerprint density at radius 1 is 1.10 bits per heavy atom. The second kappa shape index (κ2) is 10.6. The molecule has 0 aliphatic rings. The van der Waals surface area contributed by atoms with Gasteiger partial charge in [0.15, 0.2) is 5.16 Å². The lowest BCUT2D eigenvalue weighted by Crippen LogP contribution is -2.27. The minimum atomic E-state index is 0.000629. The molecule has 2 aromatic carbocycles. The summed E-state index contributed by atoms with van der Waals surface area (Å²) in [4.78, 5) is 12.3. The van der Waals surface area contributed by atoms with Crippen LogP contribution >= 0.6 is 11.8 Å². The summed E-state index contributed by atoms with van der Waals surface area (Å²) in [7, 11) is 0. The third kappa shape index (κ3) is 5.81. The Bertz CT molecular complexity index is 885. The van der Waals surface area contributed by atoms with Crippen LogP contribution in [0.3, 0.4) is 0 Å². The van der Waals surface area contributed by atoms with Gasteiger partial charge in [-0.25, -0.2) is 0 Å². The number of nitrogens with one attached hydrogen (secondary N) is 1. The van der Waals surface area contributed by atoms with E-state index >= 15 is 0 Å². The number of nitrogens with zero attached hydrogens (tertiary/aromatic N) is 3. The minimum Gasteiger partial charge on any atom is -0.355 e. The molecule has 3 rings (SSSR count). The van der Waals surface area contributed by atoms with Gasteiger partial charge < -0.3 is 9.88 Å². The molecule has 0 atom stereocenters. The van der Waals surface area contributed by atoms with Crippen molar-refractivity contribution in [1.82, 2.24) is 20.1 Å². The first-order chi connectivity index (χ1) is 14.2. The second-order valence-corrected chi connectivity index (χ2v) is 7.67. The van der Waals surface area contributed by atoms with Crippen LogP contribution in [0, 0.1) is 6.92 Å². The first-order valence-electron chi connectivity index (χ1n) is 9.69. The van der Waals surface area contributed by atoms with Crippen LogP contribution in [0.1, 0.15) is 29.3 Å². The van der Waals surface area contributed by atoms with Crippen molar-refractivity contribution in [2.45, 2.75) is 31.0 Å². The lowest BCUT2D eigenvalue weighted by molar-refractivity contribution is -0.118. The van der Waals surface area contributed by atoms with Crippen LogP contribution in [0.2, 0.25) is 0 Å². The fourth-order valence-corrected chi connectivity index (χ4v) is 4.06. The van der Waals surface area contributed by atoms with Gasteiger partial charge in [-0.1, -0.05) is 78.5 Å². The van der Waals surface area contributed by atoms with Crippen LogP contribution in [0.5, 0.6) is 0 Å². The van der Waals surface area contributed by atoms with Crippen molar-refractivity contribution in [2.24, 2.45) is 0 Å². The maximum atomic E-state index is 12.3. The summed E-state index contributed by atoms with van der Waals surface area (Å²) < 4.78 is 1.95. The van der Waals surface area contributed by atoms with E-state index in [1.807, 2.05) is 23.6 Å².